The Balaban J connectivity index is 2.10. The Labute approximate surface area is 111 Å². The SMILES string of the molecule is CC1(C)CCN(C(=O)c2ccnc(F)c2)CCS1. The van der Waals surface area contributed by atoms with E-state index in [9.17, 15) is 9.18 Å². The van der Waals surface area contributed by atoms with Gasteiger partial charge in [-0.1, -0.05) is 13.8 Å². The number of aromatic nitrogens is 1. The molecule has 1 aliphatic heterocycles. The summed E-state index contributed by atoms with van der Waals surface area (Å²) in [5.41, 5.74) is 0.382. The predicted molar refractivity (Wildman–Crippen MR) is 71.3 cm³/mol. The van der Waals surface area contributed by atoms with Crippen LogP contribution in [-0.2, 0) is 0 Å². The molecule has 2 rings (SSSR count). The maximum atomic E-state index is 13.0. The molecule has 3 nitrogen and oxygen atoms in total. The standard InChI is InChI=1S/C13H17FN2OS/c1-13(2)4-6-16(7-8-18-13)12(17)10-3-5-15-11(14)9-10/h3,5,9H,4,6-8H2,1-2H3. The third-order valence-electron chi connectivity index (χ3n) is 3.10. The molecular weight excluding hydrogens is 251 g/mol. The van der Waals surface area contributed by atoms with E-state index in [4.69, 9.17) is 0 Å². The zero-order valence-electron chi connectivity index (χ0n) is 10.6. The molecule has 1 aromatic heterocycles. The van der Waals surface area contributed by atoms with Gasteiger partial charge in [-0.25, -0.2) is 4.98 Å². The molecule has 0 aliphatic carbocycles. The molecule has 2 heterocycles. The van der Waals surface area contributed by atoms with Gasteiger partial charge >= 0.3 is 0 Å². The summed E-state index contributed by atoms with van der Waals surface area (Å²) >= 11 is 1.88. The number of pyridine rings is 1. The number of hydrogen-bond donors (Lipinski definition) is 0. The first-order valence-electron chi connectivity index (χ1n) is 6.03. The lowest BCUT2D eigenvalue weighted by atomic mass is 10.1. The van der Waals surface area contributed by atoms with Crippen LogP contribution in [-0.4, -0.2) is 39.4 Å². The second kappa shape index (κ2) is 5.26. The summed E-state index contributed by atoms with van der Waals surface area (Å²) in [7, 11) is 0. The van der Waals surface area contributed by atoms with Crippen molar-refractivity contribution in [2.75, 3.05) is 18.8 Å². The number of carbonyl (C=O) groups is 1. The lowest BCUT2D eigenvalue weighted by Gasteiger charge is -2.22. The number of halogens is 1. The number of thioether (sulfide) groups is 1. The molecule has 0 N–H and O–H groups in total. The van der Waals surface area contributed by atoms with Gasteiger partial charge in [0, 0.05) is 41.4 Å². The topological polar surface area (TPSA) is 33.2 Å². The Hall–Kier alpha value is -1.10. The minimum absolute atomic E-state index is 0.102. The summed E-state index contributed by atoms with van der Waals surface area (Å²) in [4.78, 5) is 17.5. The highest BCUT2D eigenvalue weighted by Gasteiger charge is 2.26. The summed E-state index contributed by atoms with van der Waals surface area (Å²) < 4.78 is 13.2. The van der Waals surface area contributed by atoms with Crippen molar-refractivity contribution in [1.29, 1.82) is 0 Å². The molecule has 0 atom stereocenters. The second-order valence-electron chi connectivity index (χ2n) is 5.02. The molecule has 0 bridgehead atoms. The largest absolute Gasteiger partial charge is 0.338 e. The molecule has 1 aromatic rings. The van der Waals surface area contributed by atoms with E-state index < -0.39 is 5.95 Å². The van der Waals surface area contributed by atoms with Crippen molar-refractivity contribution in [2.24, 2.45) is 0 Å². The van der Waals surface area contributed by atoms with Gasteiger partial charge in [0.25, 0.3) is 5.91 Å². The van der Waals surface area contributed by atoms with E-state index in [2.05, 4.69) is 18.8 Å². The third kappa shape index (κ3) is 3.22. The first kappa shape index (κ1) is 13.3. The normalized spacial score (nSPS) is 19.4. The van der Waals surface area contributed by atoms with Crippen LogP contribution >= 0.6 is 11.8 Å². The molecule has 1 aliphatic rings. The first-order valence-corrected chi connectivity index (χ1v) is 7.01. The Morgan fingerprint density at radius 1 is 1.50 bits per heavy atom. The van der Waals surface area contributed by atoms with Crippen molar-refractivity contribution >= 4 is 17.7 Å². The average Bonchev–Trinajstić information content (AvgIpc) is 2.49. The molecular formula is C13H17FN2OS. The average molecular weight is 268 g/mol. The van der Waals surface area contributed by atoms with Gasteiger partial charge in [0.05, 0.1) is 0 Å². The van der Waals surface area contributed by atoms with E-state index in [0.29, 0.717) is 5.56 Å². The van der Waals surface area contributed by atoms with Crippen LogP contribution in [0.5, 0.6) is 0 Å². The Bertz CT molecular complexity index is 450. The fourth-order valence-electron chi connectivity index (χ4n) is 1.94. The summed E-state index contributed by atoms with van der Waals surface area (Å²) in [6.45, 7) is 5.83. The van der Waals surface area contributed by atoms with E-state index in [1.807, 2.05) is 11.8 Å². The zero-order chi connectivity index (χ0) is 13.2. The van der Waals surface area contributed by atoms with Crippen molar-refractivity contribution in [1.82, 2.24) is 9.88 Å². The molecule has 1 amide bonds. The highest BCUT2D eigenvalue weighted by molar-refractivity contribution is 8.00. The predicted octanol–water partition coefficient (Wildman–Crippen LogP) is 2.58. The smallest absolute Gasteiger partial charge is 0.254 e. The van der Waals surface area contributed by atoms with E-state index in [0.717, 1.165) is 25.3 Å². The number of carbonyl (C=O) groups excluding carboxylic acids is 1. The van der Waals surface area contributed by atoms with E-state index in [1.54, 1.807) is 11.0 Å². The second-order valence-corrected chi connectivity index (χ2v) is 6.82. The summed E-state index contributed by atoms with van der Waals surface area (Å²) in [5, 5.41) is 0. The van der Waals surface area contributed by atoms with Crippen LogP contribution in [0, 0.1) is 5.95 Å². The molecule has 98 valence electrons. The van der Waals surface area contributed by atoms with Crippen LogP contribution in [0.1, 0.15) is 30.6 Å². The molecule has 0 aromatic carbocycles. The van der Waals surface area contributed by atoms with Crippen LogP contribution < -0.4 is 0 Å². The van der Waals surface area contributed by atoms with Crippen molar-refractivity contribution < 1.29 is 9.18 Å². The van der Waals surface area contributed by atoms with Crippen LogP contribution in [0.15, 0.2) is 18.3 Å². The molecule has 1 saturated heterocycles. The summed E-state index contributed by atoms with van der Waals surface area (Å²) in [5.74, 6) is 0.215. The fraction of sp³-hybridized carbons (Fsp3) is 0.538. The zero-order valence-corrected chi connectivity index (χ0v) is 11.5. The van der Waals surface area contributed by atoms with E-state index in [1.165, 1.54) is 12.3 Å². The number of nitrogens with zero attached hydrogens (tertiary/aromatic N) is 2. The molecule has 0 saturated carbocycles. The maximum Gasteiger partial charge on any atom is 0.254 e. The van der Waals surface area contributed by atoms with Crippen molar-refractivity contribution in [2.45, 2.75) is 25.0 Å². The van der Waals surface area contributed by atoms with Crippen LogP contribution in [0.25, 0.3) is 0 Å². The quantitative estimate of drug-likeness (QED) is 0.734. The minimum Gasteiger partial charge on any atom is -0.338 e. The monoisotopic (exact) mass is 268 g/mol. The van der Waals surface area contributed by atoms with Crippen LogP contribution in [0.2, 0.25) is 0 Å². The van der Waals surface area contributed by atoms with Crippen LogP contribution in [0.4, 0.5) is 4.39 Å². The van der Waals surface area contributed by atoms with E-state index >= 15 is 0 Å². The van der Waals surface area contributed by atoms with Crippen molar-refractivity contribution in [3.63, 3.8) is 0 Å². The van der Waals surface area contributed by atoms with Gasteiger partial charge in [0.1, 0.15) is 0 Å². The Morgan fingerprint density at radius 3 is 3.00 bits per heavy atom. The lowest BCUT2D eigenvalue weighted by Crippen LogP contribution is -2.33. The molecule has 0 unspecified atom stereocenters. The van der Waals surface area contributed by atoms with Gasteiger partial charge in [-0.05, 0) is 12.5 Å². The fourth-order valence-corrected chi connectivity index (χ4v) is 3.04. The molecule has 1 fully saturated rings. The van der Waals surface area contributed by atoms with Crippen molar-refractivity contribution in [3.05, 3.63) is 29.8 Å². The van der Waals surface area contributed by atoms with Gasteiger partial charge in [0.2, 0.25) is 5.95 Å². The lowest BCUT2D eigenvalue weighted by molar-refractivity contribution is 0.0764. The van der Waals surface area contributed by atoms with Crippen LogP contribution in [0.3, 0.4) is 0 Å². The molecule has 0 spiro atoms. The maximum absolute atomic E-state index is 13.0. The third-order valence-corrected chi connectivity index (χ3v) is 4.47. The Kier molecular flexibility index (Phi) is 3.90. The van der Waals surface area contributed by atoms with Gasteiger partial charge in [-0.2, -0.15) is 16.2 Å². The number of hydrogen-bond acceptors (Lipinski definition) is 3. The summed E-state index contributed by atoms with van der Waals surface area (Å²) in [6.07, 6.45) is 2.29. The highest BCUT2D eigenvalue weighted by atomic mass is 32.2. The minimum atomic E-state index is -0.606. The molecule has 5 heteroatoms. The van der Waals surface area contributed by atoms with Gasteiger partial charge in [0.15, 0.2) is 0 Å². The summed E-state index contributed by atoms with van der Waals surface area (Å²) in [6, 6.07) is 2.76. The van der Waals surface area contributed by atoms with Gasteiger partial charge in [-0.15, -0.1) is 0 Å². The molecule has 18 heavy (non-hydrogen) atoms. The Morgan fingerprint density at radius 2 is 2.28 bits per heavy atom. The van der Waals surface area contributed by atoms with E-state index in [-0.39, 0.29) is 10.7 Å². The number of amides is 1. The van der Waals surface area contributed by atoms with Gasteiger partial charge < -0.3 is 4.90 Å². The van der Waals surface area contributed by atoms with Gasteiger partial charge in [-0.3, -0.25) is 4.79 Å². The highest BCUT2D eigenvalue weighted by Crippen LogP contribution is 2.31. The molecule has 0 radical (unpaired) electrons. The number of rotatable bonds is 1. The first-order chi connectivity index (χ1) is 8.48. The van der Waals surface area contributed by atoms with Crippen molar-refractivity contribution in [3.8, 4) is 0 Å².